The van der Waals surface area contributed by atoms with Gasteiger partial charge in [-0.2, -0.15) is 13.2 Å². The van der Waals surface area contributed by atoms with Crippen molar-refractivity contribution >= 4 is 28.2 Å². The zero-order chi connectivity index (χ0) is 13.9. The Hall–Kier alpha value is -0.820. The van der Waals surface area contributed by atoms with Gasteiger partial charge in [-0.25, -0.2) is 4.98 Å². The third-order valence-corrected chi connectivity index (χ3v) is 3.75. The Labute approximate surface area is 110 Å². The number of anilines is 1. The van der Waals surface area contributed by atoms with Crippen LogP contribution in [0.3, 0.4) is 0 Å². The van der Waals surface area contributed by atoms with E-state index in [4.69, 9.17) is 11.6 Å². The molecule has 8 heteroatoms. The SMILES string of the molecule is CC(CNc1cc(C(F)(F)F)cc(Cl)n1)S(C)=O. The first kappa shape index (κ1) is 15.2. The van der Waals surface area contributed by atoms with Gasteiger partial charge < -0.3 is 5.32 Å². The minimum atomic E-state index is -4.47. The lowest BCUT2D eigenvalue weighted by Crippen LogP contribution is -2.21. The summed E-state index contributed by atoms with van der Waals surface area (Å²) in [6.07, 6.45) is -2.94. The van der Waals surface area contributed by atoms with Crippen molar-refractivity contribution in [3.63, 3.8) is 0 Å². The maximum atomic E-state index is 12.5. The highest BCUT2D eigenvalue weighted by Crippen LogP contribution is 2.31. The number of nitrogens with zero attached hydrogens (tertiary/aromatic N) is 1. The lowest BCUT2D eigenvalue weighted by Gasteiger charge is -2.13. The third kappa shape index (κ3) is 4.45. The summed E-state index contributed by atoms with van der Waals surface area (Å²) in [5.74, 6) is 0.0205. The maximum Gasteiger partial charge on any atom is 0.416 e. The minimum absolute atomic E-state index is 0.0205. The van der Waals surface area contributed by atoms with Gasteiger partial charge in [-0.1, -0.05) is 11.6 Å². The molecule has 1 aromatic heterocycles. The zero-order valence-corrected chi connectivity index (χ0v) is 11.3. The molecule has 0 bridgehead atoms. The molecular formula is C10H12ClF3N2OS. The topological polar surface area (TPSA) is 42.0 Å². The predicted octanol–water partition coefficient (Wildman–Crippen LogP) is 2.93. The average molecular weight is 301 g/mol. The summed E-state index contributed by atoms with van der Waals surface area (Å²) in [4.78, 5) is 3.73. The van der Waals surface area contributed by atoms with E-state index >= 15 is 0 Å². The molecule has 0 aromatic carbocycles. The van der Waals surface area contributed by atoms with Crippen LogP contribution in [0.1, 0.15) is 12.5 Å². The molecule has 1 aromatic rings. The first-order valence-corrected chi connectivity index (χ1v) is 7.01. The van der Waals surface area contributed by atoms with Gasteiger partial charge in [0.1, 0.15) is 11.0 Å². The second-order valence-electron chi connectivity index (χ2n) is 3.75. The van der Waals surface area contributed by atoms with Gasteiger partial charge in [0.2, 0.25) is 0 Å². The highest BCUT2D eigenvalue weighted by atomic mass is 35.5. The Morgan fingerprint density at radius 1 is 1.50 bits per heavy atom. The van der Waals surface area contributed by atoms with Gasteiger partial charge in [0, 0.05) is 28.9 Å². The van der Waals surface area contributed by atoms with Gasteiger partial charge in [-0.3, -0.25) is 4.21 Å². The Kier molecular flexibility index (Phi) is 4.98. The summed E-state index contributed by atoms with van der Waals surface area (Å²) in [6.45, 7) is 1.98. The van der Waals surface area contributed by atoms with E-state index in [0.717, 1.165) is 12.1 Å². The van der Waals surface area contributed by atoms with Crippen LogP contribution in [0.4, 0.5) is 19.0 Å². The fourth-order valence-electron chi connectivity index (χ4n) is 1.12. The zero-order valence-electron chi connectivity index (χ0n) is 9.71. The second-order valence-corrected chi connectivity index (χ2v) is 5.94. The summed E-state index contributed by atoms with van der Waals surface area (Å²) in [5.41, 5.74) is -0.865. The maximum absolute atomic E-state index is 12.5. The molecule has 0 aliphatic carbocycles. The molecule has 0 radical (unpaired) electrons. The number of halogens is 4. The third-order valence-electron chi connectivity index (χ3n) is 2.26. The molecular weight excluding hydrogens is 289 g/mol. The van der Waals surface area contributed by atoms with E-state index in [0.29, 0.717) is 0 Å². The van der Waals surface area contributed by atoms with Crippen molar-refractivity contribution in [2.75, 3.05) is 18.1 Å². The van der Waals surface area contributed by atoms with Gasteiger partial charge in [-0.05, 0) is 19.1 Å². The Morgan fingerprint density at radius 3 is 2.61 bits per heavy atom. The number of hydrogen-bond acceptors (Lipinski definition) is 3. The smallest absolute Gasteiger partial charge is 0.369 e. The van der Waals surface area contributed by atoms with Crippen molar-refractivity contribution in [2.45, 2.75) is 18.3 Å². The quantitative estimate of drug-likeness (QED) is 0.869. The van der Waals surface area contributed by atoms with Gasteiger partial charge >= 0.3 is 6.18 Å². The molecule has 3 nitrogen and oxygen atoms in total. The van der Waals surface area contributed by atoms with Crippen molar-refractivity contribution in [1.29, 1.82) is 0 Å². The van der Waals surface area contributed by atoms with Gasteiger partial charge in [0.05, 0.1) is 5.56 Å². The average Bonchev–Trinajstić information content (AvgIpc) is 2.23. The summed E-state index contributed by atoms with van der Waals surface area (Å²) in [6, 6.07) is 1.63. The molecule has 1 N–H and O–H groups in total. The molecule has 0 spiro atoms. The van der Waals surface area contributed by atoms with Crippen LogP contribution in [0.2, 0.25) is 5.15 Å². The normalized spacial score (nSPS) is 15.2. The van der Waals surface area contributed by atoms with Crippen LogP contribution in [-0.2, 0) is 17.0 Å². The van der Waals surface area contributed by atoms with Crippen molar-refractivity contribution in [1.82, 2.24) is 4.98 Å². The highest BCUT2D eigenvalue weighted by molar-refractivity contribution is 7.84. The van der Waals surface area contributed by atoms with Crippen molar-refractivity contribution in [2.24, 2.45) is 0 Å². The van der Waals surface area contributed by atoms with Crippen molar-refractivity contribution in [3.05, 3.63) is 22.8 Å². The fraction of sp³-hybridized carbons (Fsp3) is 0.500. The number of alkyl halides is 3. The summed E-state index contributed by atoms with van der Waals surface area (Å²) in [5, 5.41) is 2.26. The van der Waals surface area contributed by atoms with Crippen LogP contribution in [0, 0.1) is 0 Å². The fourth-order valence-corrected chi connectivity index (χ4v) is 1.64. The van der Waals surface area contributed by atoms with Crippen LogP contribution in [0.25, 0.3) is 0 Å². The van der Waals surface area contributed by atoms with Crippen LogP contribution in [-0.4, -0.2) is 27.2 Å². The number of pyridine rings is 1. The Bertz CT molecular complexity index is 453. The standard InChI is InChI=1S/C10H12ClF3N2OS/c1-6(18(2)17)5-15-9-4-7(10(12,13)14)3-8(11)16-9/h3-4,6H,5H2,1-2H3,(H,15,16). The van der Waals surface area contributed by atoms with Crippen LogP contribution < -0.4 is 5.32 Å². The molecule has 2 atom stereocenters. The van der Waals surface area contributed by atoms with E-state index in [1.54, 1.807) is 6.92 Å². The molecule has 0 aliphatic rings. The Morgan fingerprint density at radius 2 is 2.11 bits per heavy atom. The largest absolute Gasteiger partial charge is 0.416 e. The number of rotatable bonds is 4. The molecule has 18 heavy (non-hydrogen) atoms. The molecule has 0 fully saturated rings. The van der Waals surface area contributed by atoms with E-state index < -0.39 is 22.5 Å². The first-order chi connectivity index (χ1) is 8.20. The van der Waals surface area contributed by atoms with Crippen LogP contribution in [0.5, 0.6) is 0 Å². The van der Waals surface area contributed by atoms with Crippen LogP contribution >= 0.6 is 11.6 Å². The van der Waals surface area contributed by atoms with Crippen molar-refractivity contribution < 1.29 is 17.4 Å². The van der Waals surface area contributed by atoms with E-state index in [1.807, 2.05) is 0 Å². The molecule has 0 amide bonds. The first-order valence-electron chi connectivity index (χ1n) is 5.01. The number of nitrogens with one attached hydrogen (secondary N) is 1. The van der Waals surface area contributed by atoms with E-state index in [2.05, 4.69) is 10.3 Å². The number of hydrogen-bond donors (Lipinski definition) is 1. The summed E-state index contributed by atoms with van der Waals surface area (Å²) >= 11 is 5.52. The monoisotopic (exact) mass is 300 g/mol. The van der Waals surface area contributed by atoms with Gasteiger partial charge in [-0.15, -0.1) is 0 Å². The molecule has 0 saturated carbocycles. The van der Waals surface area contributed by atoms with E-state index in [-0.39, 0.29) is 22.8 Å². The molecule has 2 unspecified atom stereocenters. The second kappa shape index (κ2) is 5.88. The Balaban J connectivity index is 2.84. The van der Waals surface area contributed by atoms with E-state index in [9.17, 15) is 17.4 Å². The lowest BCUT2D eigenvalue weighted by atomic mass is 10.2. The summed E-state index contributed by atoms with van der Waals surface area (Å²) in [7, 11) is -1.06. The molecule has 1 rings (SSSR count). The van der Waals surface area contributed by atoms with Gasteiger partial charge in [0.25, 0.3) is 0 Å². The molecule has 0 saturated heterocycles. The number of aromatic nitrogens is 1. The summed E-state index contributed by atoms with van der Waals surface area (Å²) < 4.78 is 48.6. The lowest BCUT2D eigenvalue weighted by molar-refractivity contribution is -0.137. The van der Waals surface area contributed by atoms with Crippen LogP contribution in [0.15, 0.2) is 12.1 Å². The predicted molar refractivity (Wildman–Crippen MR) is 66.3 cm³/mol. The molecule has 1 heterocycles. The van der Waals surface area contributed by atoms with Crippen molar-refractivity contribution in [3.8, 4) is 0 Å². The highest BCUT2D eigenvalue weighted by Gasteiger charge is 2.31. The molecule has 0 aliphatic heterocycles. The molecule has 102 valence electrons. The van der Waals surface area contributed by atoms with Gasteiger partial charge in [0.15, 0.2) is 0 Å². The van der Waals surface area contributed by atoms with E-state index in [1.165, 1.54) is 6.26 Å². The minimum Gasteiger partial charge on any atom is -0.369 e.